The molecule has 0 N–H and O–H groups in total. The second-order valence-electron chi connectivity index (χ2n) is 6.08. The van der Waals surface area contributed by atoms with Crippen LogP contribution in [0.3, 0.4) is 0 Å². The van der Waals surface area contributed by atoms with E-state index in [4.69, 9.17) is 4.99 Å². The van der Waals surface area contributed by atoms with Crippen LogP contribution in [0.25, 0.3) is 0 Å². The summed E-state index contributed by atoms with van der Waals surface area (Å²) in [5.74, 6) is 1.65. The maximum Gasteiger partial charge on any atom is 0.135 e. The lowest BCUT2D eigenvalue weighted by Gasteiger charge is -2.22. The molecule has 1 atom stereocenters. The minimum Gasteiger partial charge on any atom is -0.324 e. The molecule has 2 aromatic carbocycles. The standard InChI is InChI=1S/C19H22N2/c1-14(2)18-13-21(17-11-9-15(3)10-12-17)19(20-18)16-7-5-4-6-8-16/h4-12,14,18H,13H2,1-3H3/t18-/m1/s1. The fourth-order valence-corrected chi connectivity index (χ4v) is 2.67. The molecule has 2 aromatic rings. The molecule has 3 rings (SSSR count). The molecule has 108 valence electrons. The van der Waals surface area contributed by atoms with Gasteiger partial charge in [0.1, 0.15) is 5.84 Å². The lowest BCUT2D eigenvalue weighted by Crippen LogP contribution is -2.30. The number of hydrogen-bond donors (Lipinski definition) is 0. The van der Waals surface area contributed by atoms with Gasteiger partial charge in [0.2, 0.25) is 0 Å². The van der Waals surface area contributed by atoms with Crippen molar-refractivity contribution in [2.45, 2.75) is 26.8 Å². The molecule has 2 nitrogen and oxygen atoms in total. The van der Waals surface area contributed by atoms with Gasteiger partial charge >= 0.3 is 0 Å². The molecule has 0 radical (unpaired) electrons. The third kappa shape index (κ3) is 2.85. The van der Waals surface area contributed by atoms with Gasteiger partial charge in [-0.3, -0.25) is 4.99 Å². The van der Waals surface area contributed by atoms with Crippen LogP contribution in [-0.4, -0.2) is 18.4 Å². The van der Waals surface area contributed by atoms with E-state index < -0.39 is 0 Å². The van der Waals surface area contributed by atoms with Crippen molar-refractivity contribution in [3.05, 3.63) is 65.7 Å². The van der Waals surface area contributed by atoms with E-state index in [0.717, 1.165) is 12.4 Å². The molecule has 1 heterocycles. The average molecular weight is 278 g/mol. The van der Waals surface area contributed by atoms with Crippen LogP contribution in [0, 0.1) is 12.8 Å². The highest BCUT2D eigenvalue weighted by Gasteiger charge is 2.28. The number of amidine groups is 1. The van der Waals surface area contributed by atoms with Crippen LogP contribution >= 0.6 is 0 Å². The number of hydrogen-bond acceptors (Lipinski definition) is 2. The Morgan fingerprint density at radius 1 is 1.00 bits per heavy atom. The van der Waals surface area contributed by atoms with Crippen molar-refractivity contribution in [3.63, 3.8) is 0 Å². The molecule has 0 unspecified atom stereocenters. The van der Waals surface area contributed by atoms with Crippen LogP contribution in [0.4, 0.5) is 5.69 Å². The Morgan fingerprint density at radius 3 is 2.29 bits per heavy atom. The Bertz CT molecular complexity index is 626. The topological polar surface area (TPSA) is 15.6 Å². The monoisotopic (exact) mass is 278 g/mol. The van der Waals surface area contributed by atoms with E-state index in [2.05, 4.69) is 80.3 Å². The summed E-state index contributed by atoms with van der Waals surface area (Å²) in [7, 11) is 0. The summed E-state index contributed by atoms with van der Waals surface area (Å²) < 4.78 is 0. The molecule has 1 aliphatic rings. The van der Waals surface area contributed by atoms with Gasteiger partial charge in [-0.2, -0.15) is 0 Å². The normalized spacial score (nSPS) is 18.2. The van der Waals surface area contributed by atoms with Gasteiger partial charge in [-0.05, 0) is 25.0 Å². The van der Waals surface area contributed by atoms with Crippen molar-refractivity contribution in [1.29, 1.82) is 0 Å². The predicted molar refractivity (Wildman–Crippen MR) is 90.1 cm³/mol. The van der Waals surface area contributed by atoms with E-state index in [9.17, 15) is 0 Å². The van der Waals surface area contributed by atoms with E-state index in [1.165, 1.54) is 16.8 Å². The highest BCUT2D eigenvalue weighted by atomic mass is 15.3. The van der Waals surface area contributed by atoms with E-state index in [1.807, 2.05) is 0 Å². The molecular weight excluding hydrogens is 256 g/mol. The first-order valence-corrected chi connectivity index (χ1v) is 7.62. The molecule has 0 saturated carbocycles. The van der Waals surface area contributed by atoms with Gasteiger partial charge in [0.25, 0.3) is 0 Å². The van der Waals surface area contributed by atoms with Crippen molar-refractivity contribution in [2.24, 2.45) is 10.9 Å². The van der Waals surface area contributed by atoms with Crippen molar-refractivity contribution >= 4 is 11.5 Å². The number of rotatable bonds is 3. The minimum atomic E-state index is 0.363. The summed E-state index contributed by atoms with van der Waals surface area (Å²) in [6, 6.07) is 19.6. The molecule has 21 heavy (non-hydrogen) atoms. The third-order valence-electron chi connectivity index (χ3n) is 4.06. The molecule has 1 aliphatic heterocycles. The summed E-state index contributed by atoms with van der Waals surface area (Å²) in [5, 5.41) is 0. The maximum atomic E-state index is 4.98. The van der Waals surface area contributed by atoms with Crippen LogP contribution in [0.2, 0.25) is 0 Å². The highest BCUT2D eigenvalue weighted by Crippen LogP contribution is 2.26. The number of aliphatic imine (C=N–C) groups is 1. The van der Waals surface area contributed by atoms with Gasteiger partial charge in [-0.1, -0.05) is 61.9 Å². The lowest BCUT2D eigenvalue weighted by atomic mass is 10.1. The van der Waals surface area contributed by atoms with E-state index in [0.29, 0.717) is 12.0 Å². The van der Waals surface area contributed by atoms with Gasteiger partial charge in [0.15, 0.2) is 0 Å². The Morgan fingerprint density at radius 2 is 1.67 bits per heavy atom. The second-order valence-corrected chi connectivity index (χ2v) is 6.08. The second kappa shape index (κ2) is 5.72. The first-order chi connectivity index (χ1) is 10.1. The lowest BCUT2D eigenvalue weighted by molar-refractivity contribution is 0.521. The Labute approximate surface area is 127 Å². The molecule has 0 aromatic heterocycles. The van der Waals surface area contributed by atoms with E-state index >= 15 is 0 Å². The summed E-state index contributed by atoms with van der Waals surface area (Å²) >= 11 is 0. The number of benzene rings is 2. The van der Waals surface area contributed by atoms with Crippen molar-refractivity contribution in [1.82, 2.24) is 0 Å². The van der Waals surface area contributed by atoms with Gasteiger partial charge in [-0.15, -0.1) is 0 Å². The summed E-state index contributed by atoms with van der Waals surface area (Å²) in [5.41, 5.74) is 3.71. The summed E-state index contributed by atoms with van der Waals surface area (Å²) in [4.78, 5) is 7.33. The largest absolute Gasteiger partial charge is 0.324 e. The van der Waals surface area contributed by atoms with Gasteiger partial charge in [0.05, 0.1) is 6.04 Å². The number of aryl methyl sites for hydroxylation is 1. The van der Waals surface area contributed by atoms with Crippen LogP contribution in [0.1, 0.15) is 25.0 Å². The molecule has 0 amide bonds. The van der Waals surface area contributed by atoms with Crippen molar-refractivity contribution in [3.8, 4) is 0 Å². The molecule has 2 heteroatoms. The van der Waals surface area contributed by atoms with Gasteiger partial charge in [0, 0.05) is 17.8 Å². The SMILES string of the molecule is Cc1ccc(N2C[C@H](C(C)C)N=C2c2ccccc2)cc1. The number of nitrogens with zero attached hydrogens (tertiary/aromatic N) is 2. The Balaban J connectivity index is 1.99. The first kappa shape index (κ1) is 13.9. The van der Waals surface area contributed by atoms with Crippen LogP contribution in [0.5, 0.6) is 0 Å². The zero-order chi connectivity index (χ0) is 14.8. The molecule has 0 saturated heterocycles. The average Bonchev–Trinajstić information content (AvgIpc) is 2.94. The zero-order valence-corrected chi connectivity index (χ0v) is 13.0. The van der Waals surface area contributed by atoms with Crippen LogP contribution in [0.15, 0.2) is 59.6 Å². The molecule has 0 spiro atoms. The van der Waals surface area contributed by atoms with Crippen molar-refractivity contribution < 1.29 is 0 Å². The van der Waals surface area contributed by atoms with Gasteiger partial charge < -0.3 is 4.90 Å². The van der Waals surface area contributed by atoms with Crippen molar-refractivity contribution in [2.75, 3.05) is 11.4 Å². The van der Waals surface area contributed by atoms with Gasteiger partial charge in [-0.25, -0.2) is 0 Å². The van der Waals surface area contributed by atoms with Crippen LogP contribution in [-0.2, 0) is 0 Å². The molecule has 0 fully saturated rings. The zero-order valence-electron chi connectivity index (χ0n) is 13.0. The fraction of sp³-hybridized carbons (Fsp3) is 0.316. The smallest absolute Gasteiger partial charge is 0.135 e. The Kier molecular flexibility index (Phi) is 3.78. The summed E-state index contributed by atoms with van der Waals surface area (Å²) in [6.07, 6.45) is 0. The number of anilines is 1. The van der Waals surface area contributed by atoms with Crippen LogP contribution < -0.4 is 4.90 Å². The third-order valence-corrected chi connectivity index (χ3v) is 4.06. The highest BCUT2D eigenvalue weighted by molar-refractivity contribution is 6.11. The Hall–Kier alpha value is -2.09. The fourth-order valence-electron chi connectivity index (χ4n) is 2.67. The molecule has 0 aliphatic carbocycles. The predicted octanol–water partition coefficient (Wildman–Crippen LogP) is 4.29. The minimum absolute atomic E-state index is 0.363. The summed E-state index contributed by atoms with van der Waals surface area (Å²) in [6.45, 7) is 7.58. The van der Waals surface area contributed by atoms with E-state index in [1.54, 1.807) is 0 Å². The quantitative estimate of drug-likeness (QED) is 0.818. The molecule has 0 bridgehead atoms. The molecular formula is C19H22N2. The maximum absolute atomic E-state index is 4.98. The van der Waals surface area contributed by atoms with E-state index in [-0.39, 0.29) is 0 Å². The first-order valence-electron chi connectivity index (χ1n) is 7.62.